The number of anilines is 2. The number of rotatable bonds is 8. The zero-order chi connectivity index (χ0) is 20.7. The minimum Gasteiger partial charge on any atom is -0.355 e. The average Bonchev–Trinajstić information content (AvgIpc) is 2.74. The van der Waals surface area contributed by atoms with E-state index in [4.69, 9.17) is 0 Å². The molecule has 0 radical (unpaired) electrons. The van der Waals surface area contributed by atoms with Gasteiger partial charge in [0.1, 0.15) is 0 Å². The van der Waals surface area contributed by atoms with Crippen molar-refractivity contribution in [2.45, 2.75) is 12.3 Å². The van der Waals surface area contributed by atoms with Gasteiger partial charge in [-0.2, -0.15) is 0 Å². The lowest BCUT2D eigenvalue weighted by Gasteiger charge is -2.14. The van der Waals surface area contributed by atoms with Crippen LogP contribution in [0.25, 0.3) is 0 Å². The molecular formula is C22H23N3O3S. The number of hydrogen-bond donors (Lipinski definition) is 3. The van der Waals surface area contributed by atoms with Gasteiger partial charge < -0.3 is 10.6 Å². The molecule has 29 heavy (non-hydrogen) atoms. The summed E-state index contributed by atoms with van der Waals surface area (Å²) in [6.45, 7) is 0.230. The minimum absolute atomic E-state index is 0.137. The van der Waals surface area contributed by atoms with Gasteiger partial charge in [-0.1, -0.05) is 54.6 Å². The van der Waals surface area contributed by atoms with E-state index in [0.29, 0.717) is 16.8 Å². The van der Waals surface area contributed by atoms with E-state index in [2.05, 4.69) is 15.4 Å². The topological polar surface area (TPSA) is 87.3 Å². The second-order valence-electron chi connectivity index (χ2n) is 6.45. The van der Waals surface area contributed by atoms with E-state index in [1.807, 2.05) is 54.6 Å². The summed E-state index contributed by atoms with van der Waals surface area (Å²) in [6, 6.07) is 24.0. The summed E-state index contributed by atoms with van der Waals surface area (Å²) in [5.41, 5.74) is 3.50. The quantitative estimate of drug-likeness (QED) is 0.532. The number of carbonyl (C=O) groups is 1. The second-order valence-corrected chi connectivity index (χ2v) is 8.38. The maximum absolute atomic E-state index is 12.8. The maximum atomic E-state index is 12.8. The van der Waals surface area contributed by atoms with Crippen LogP contribution in [-0.2, 0) is 22.3 Å². The summed E-state index contributed by atoms with van der Waals surface area (Å²) in [6.07, 6.45) is 0. The molecule has 0 saturated carbocycles. The highest BCUT2D eigenvalue weighted by Gasteiger charge is 2.14. The van der Waals surface area contributed by atoms with Crippen molar-refractivity contribution >= 4 is 27.3 Å². The van der Waals surface area contributed by atoms with Crippen LogP contribution in [0, 0.1) is 0 Å². The third-order valence-electron chi connectivity index (χ3n) is 4.44. The first-order valence-electron chi connectivity index (χ1n) is 9.16. The number of nitrogens with one attached hydrogen (secondary N) is 3. The Bertz CT molecular complexity index is 1080. The van der Waals surface area contributed by atoms with Gasteiger partial charge in [-0.05, 0) is 42.4 Å². The fourth-order valence-electron chi connectivity index (χ4n) is 2.89. The number of carbonyl (C=O) groups excluding carboxylic acids is 1. The van der Waals surface area contributed by atoms with Crippen molar-refractivity contribution in [3.8, 4) is 0 Å². The van der Waals surface area contributed by atoms with Gasteiger partial charge in [0.05, 0.1) is 17.0 Å². The van der Waals surface area contributed by atoms with Gasteiger partial charge in [-0.3, -0.25) is 4.79 Å². The summed E-state index contributed by atoms with van der Waals surface area (Å²) in [7, 11) is -2.01. The molecule has 7 heteroatoms. The zero-order valence-electron chi connectivity index (χ0n) is 16.1. The summed E-state index contributed by atoms with van der Waals surface area (Å²) in [5, 5.41) is 6.14. The third-order valence-corrected chi connectivity index (χ3v) is 5.75. The van der Waals surface area contributed by atoms with Crippen molar-refractivity contribution in [1.82, 2.24) is 10.0 Å². The first-order valence-corrected chi connectivity index (χ1v) is 10.8. The average molecular weight is 410 g/mol. The van der Waals surface area contributed by atoms with Crippen LogP contribution in [-0.4, -0.2) is 21.4 Å². The van der Waals surface area contributed by atoms with Crippen molar-refractivity contribution in [2.75, 3.05) is 12.4 Å². The highest BCUT2D eigenvalue weighted by Crippen LogP contribution is 2.21. The molecule has 0 unspecified atom stereocenters. The molecule has 3 aromatic rings. The molecule has 0 saturated heterocycles. The predicted octanol–water partition coefficient (Wildman–Crippen LogP) is 3.41. The Morgan fingerprint density at radius 2 is 1.45 bits per heavy atom. The molecule has 0 aromatic heterocycles. The van der Waals surface area contributed by atoms with E-state index in [1.54, 1.807) is 24.3 Å². The Hall–Kier alpha value is -3.16. The van der Waals surface area contributed by atoms with Crippen LogP contribution in [0.15, 0.2) is 78.9 Å². The van der Waals surface area contributed by atoms with Crippen LogP contribution in [0.3, 0.4) is 0 Å². The Balaban J connectivity index is 1.74. The Morgan fingerprint density at radius 1 is 0.828 bits per heavy atom. The lowest BCUT2D eigenvalue weighted by molar-refractivity contribution is 0.0951. The summed E-state index contributed by atoms with van der Waals surface area (Å²) in [4.78, 5) is 12.8. The molecule has 0 bridgehead atoms. The van der Waals surface area contributed by atoms with Gasteiger partial charge in [-0.15, -0.1) is 0 Å². The minimum atomic E-state index is -3.40. The van der Waals surface area contributed by atoms with Gasteiger partial charge in [0.15, 0.2) is 0 Å². The lowest BCUT2D eigenvalue weighted by Crippen LogP contribution is -2.25. The van der Waals surface area contributed by atoms with Crippen molar-refractivity contribution in [3.05, 3.63) is 95.6 Å². The zero-order valence-corrected chi connectivity index (χ0v) is 16.9. The van der Waals surface area contributed by atoms with Gasteiger partial charge in [0.2, 0.25) is 10.0 Å². The Morgan fingerprint density at radius 3 is 2.17 bits per heavy atom. The first-order chi connectivity index (χ1) is 14.0. The van der Waals surface area contributed by atoms with Gasteiger partial charge in [0.25, 0.3) is 5.91 Å². The highest BCUT2D eigenvalue weighted by atomic mass is 32.2. The molecule has 0 aliphatic rings. The largest absolute Gasteiger partial charge is 0.355 e. The molecule has 0 heterocycles. The van der Waals surface area contributed by atoms with Crippen molar-refractivity contribution < 1.29 is 13.2 Å². The highest BCUT2D eigenvalue weighted by molar-refractivity contribution is 7.88. The van der Waals surface area contributed by atoms with Crippen LogP contribution in [0.4, 0.5) is 11.4 Å². The van der Waals surface area contributed by atoms with Crippen molar-refractivity contribution in [3.63, 3.8) is 0 Å². The summed E-state index contributed by atoms with van der Waals surface area (Å²) < 4.78 is 26.1. The molecule has 0 aliphatic heterocycles. The van der Waals surface area contributed by atoms with E-state index in [9.17, 15) is 13.2 Å². The van der Waals surface area contributed by atoms with Crippen LogP contribution in [0.5, 0.6) is 0 Å². The van der Waals surface area contributed by atoms with Crippen molar-refractivity contribution in [2.24, 2.45) is 0 Å². The predicted molar refractivity (Wildman–Crippen MR) is 115 cm³/mol. The van der Waals surface area contributed by atoms with E-state index in [1.165, 1.54) is 7.05 Å². The molecule has 6 nitrogen and oxygen atoms in total. The van der Waals surface area contributed by atoms with Gasteiger partial charge in [0, 0.05) is 12.2 Å². The van der Waals surface area contributed by atoms with E-state index in [-0.39, 0.29) is 18.2 Å². The molecule has 0 fully saturated rings. The molecule has 150 valence electrons. The van der Waals surface area contributed by atoms with Crippen molar-refractivity contribution in [1.29, 1.82) is 0 Å². The maximum Gasteiger partial charge on any atom is 0.253 e. The molecule has 0 spiro atoms. The second kappa shape index (κ2) is 9.36. The Kier molecular flexibility index (Phi) is 6.64. The SMILES string of the molecule is CNS(=O)(=O)Cc1ccccc1CNC(=O)c1ccccc1Nc1ccccc1. The number of hydrogen-bond acceptors (Lipinski definition) is 4. The molecule has 3 N–H and O–H groups in total. The number of amides is 1. The molecule has 3 aromatic carbocycles. The third kappa shape index (κ3) is 5.66. The Labute approximate surface area is 171 Å². The van der Waals surface area contributed by atoms with Crippen LogP contribution >= 0.6 is 0 Å². The van der Waals surface area contributed by atoms with E-state index >= 15 is 0 Å². The summed E-state index contributed by atoms with van der Waals surface area (Å²) >= 11 is 0. The van der Waals surface area contributed by atoms with E-state index in [0.717, 1.165) is 11.3 Å². The number of benzene rings is 3. The van der Waals surface area contributed by atoms with Crippen LogP contribution in [0.1, 0.15) is 21.5 Å². The molecule has 1 amide bonds. The molecule has 0 aliphatic carbocycles. The lowest BCUT2D eigenvalue weighted by atomic mass is 10.1. The van der Waals surface area contributed by atoms with Crippen LogP contribution in [0.2, 0.25) is 0 Å². The van der Waals surface area contributed by atoms with Crippen LogP contribution < -0.4 is 15.4 Å². The fraction of sp³-hybridized carbons (Fsp3) is 0.136. The standard InChI is InChI=1S/C22H23N3O3S/c1-23-29(27,28)16-18-10-6-5-9-17(18)15-24-22(26)20-13-7-8-14-21(20)25-19-11-3-2-4-12-19/h2-14,23,25H,15-16H2,1H3,(H,24,26). The fourth-order valence-corrected chi connectivity index (χ4v) is 3.72. The first kappa shape index (κ1) is 20.6. The number of para-hydroxylation sites is 2. The van der Waals surface area contributed by atoms with Gasteiger partial charge >= 0.3 is 0 Å². The molecule has 3 rings (SSSR count). The number of sulfonamides is 1. The summed E-state index contributed by atoms with van der Waals surface area (Å²) in [5.74, 6) is -0.378. The smallest absolute Gasteiger partial charge is 0.253 e. The van der Waals surface area contributed by atoms with Gasteiger partial charge in [-0.25, -0.2) is 13.1 Å². The molecular weight excluding hydrogens is 386 g/mol. The monoisotopic (exact) mass is 409 g/mol. The normalized spacial score (nSPS) is 11.1. The molecule has 0 atom stereocenters. The van der Waals surface area contributed by atoms with E-state index < -0.39 is 10.0 Å².